The second kappa shape index (κ2) is 10.1. The van der Waals surface area contributed by atoms with Crippen molar-refractivity contribution in [2.75, 3.05) is 19.4 Å². The molecule has 33 heavy (non-hydrogen) atoms. The van der Waals surface area contributed by atoms with Gasteiger partial charge in [0.25, 0.3) is 5.91 Å². The number of hydrogen-bond donors (Lipinski definition) is 1. The molecule has 2 atom stereocenters. The van der Waals surface area contributed by atoms with Crippen LogP contribution in [0.5, 0.6) is 0 Å². The normalized spacial score (nSPS) is 12.7. The van der Waals surface area contributed by atoms with E-state index >= 15 is 0 Å². The summed E-state index contributed by atoms with van der Waals surface area (Å²) in [5, 5.41) is 11.1. The van der Waals surface area contributed by atoms with E-state index in [0.29, 0.717) is 10.7 Å². The monoisotopic (exact) mass is 476 g/mol. The van der Waals surface area contributed by atoms with Crippen LogP contribution in [0.4, 0.5) is 5.13 Å². The topological polar surface area (TPSA) is 75.2 Å². The van der Waals surface area contributed by atoms with E-state index < -0.39 is 0 Å². The van der Waals surface area contributed by atoms with Crippen molar-refractivity contribution in [2.24, 2.45) is 5.92 Å². The number of rotatable bonds is 7. The van der Waals surface area contributed by atoms with Crippen LogP contribution in [0.2, 0.25) is 0 Å². The Bertz CT molecular complexity index is 1220. The molecular formula is C25H24N4O2S2. The van der Waals surface area contributed by atoms with Crippen molar-refractivity contribution in [1.29, 1.82) is 0 Å². The standard InChI is InChI=1S/C25H24N4O2S2/c1-16(23(30)27-25-28-26-15-32-25)22(18-7-5-4-6-8-18)21-14-13-20(33-21)17-9-11-19(12-10-17)24(31)29(2)3/h4-16,22H,1-3H3,(H,27,28,30)/t16-,22-/m1/s1. The molecule has 6 nitrogen and oxygen atoms in total. The predicted octanol–water partition coefficient (Wildman–Crippen LogP) is 5.38. The fourth-order valence-electron chi connectivity index (χ4n) is 3.67. The lowest BCUT2D eigenvalue weighted by atomic mass is 9.85. The first-order chi connectivity index (χ1) is 15.9. The van der Waals surface area contributed by atoms with Crippen LogP contribution in [0.1, 0.15) is 33.6 Å². The van der Waals surface area contributed by atoms with Crippen molar-refractivity contribution in [3.63, 3.8) is 0 Å². The molecule has 0 fully saturated rings. The number of nitrogens with one attached hydrogen (secondary N) is 1. The molecule has 0 saturated heterocycles. The number of carbonyl (C=O) groups is 2. The van der Waals surface area contributed by atoms with Crippen molar-refractivity contribution in [3.05, 3.63) is 88.2 Å². The summed E-state index contributed by atoms with van der Waals surface area (Å²) in [6.45, 7) is 1.94. The van der Waals surface area contributed by atoms with Gasteiger partial charge < -0.3 is 10.2 Å². The van der Waals surface area contributed by atoms with E-state index in [0.717, 1.165) is 20.9 Å². The number of amides is 2. The maximum absolute atomic E-state index is 13.0. The van der Waals surface area contributed by atoms with E-state index in [-0.39, 0.29) is 23.7 Å². The highest BCUT2D eigenvalue weighted by Gasteiger charge is 2.29. The van der Waals surface area contributed by atoms with Gasteiger partial charge in [-0.2, -0.15) is 0 Å². The first kappa shape index (κ1) is 22.8. The largest absolute Gasteiger partial charge is 0.345 e. The number of anilines is 1. The molecule has 2 amide bonds. The SMILES string of the molecule is C[C@@H](C(=O)Nc1nncs1)[C@H](c1ccccc1)c1ccc(-c2ccc(C(=O)N(C)C)cc2)s1. The second-order valence-corrected chi connectivity index (χ2v) is 9.84. The van der Waals surface area contributed by atoms with E-state index in [1.807, 2.05) is 49.4 Å². The van der Waals surface area contributed by atoms with Gasteiger partial charge >= 0.3 is 0 Å². The summed E-state index contributed by atoms with van der Waals surface area (Å²) in [5.74, 6) is -0.537. The summed E-state index contributed by atoms with van der Waals surface area (Å²) < 4.78 is 0. The third-order valence-corrected chi connectivity index (χ3v) is 7.24. The Labute approximate surface area is 200 Å². The van der Waals surface area contributed by atoms with E-state index in [1.165, 1.54) is 11.3 Å². The van der Waals surface area contributed by atoms with Crippen molar-refractivity contribution >= 4 is 39.6 Å². The summed E-state index contributed by atoms with van der Waals surface area (Å²) in [6, 6.07) is 21.9. The van der Waals surface area contributed by atoms with Gasteiger partial charge in [-0.1, -0.05) is 60.7 Å². The van der Waals surface area contributed by atoms with Gasteiger partial charge in [0.1, 0.15) is 5.51 Å². The van der Waals surface area contributed by atoms with Crippen LogP contribution in [0.25, 0.3) is 10.4 Å². The molecule has 4 rings (SSSR count). The van der Waals surface area contributed by atoms with Gasteiger partial charge in [-0.05, 0) is 35.4 Å². The average Bonchev–Trinajstić information content (AvgIpc) is 3.52. The molecule has 0 aliphatic carbocycles. The molecular weight excluding hydrogens is 452 g/mol. The summed E-state index contributed by atoms with van der Waals surface area (Å²) >= 11 is 2.96. The van der Waals surface area contributed by atoms with Crippen molar-refractivity contribution < 1.29 is 9.59 Å². The Morgan fingerprint density at radius 1 is 0.970 bits per heavy atom. The highest BCUT2D eigenvalue weighted by molar-refractivity contribution is 7.15. The van der Waals surface area contributed by atoms with Crippen LogP contribution < -0.4 is 5.32 Å². The molecule has 8 heteroatoms. The van der Waals surface area contributed by atoms with Crippen molar-refractivity contribution in [2.45, 2.75) is 12.8 Å². The molecule has 0 aliphatic rings. The highest BCUT2D eigenvalue weighted by Crippen LogP contribution is 2.39. The lowest BCUT2D eigenvalue weighted by Crippen LogP contribution is -2.26. The average molecular weight is 477 g/mol. The Balaban J connectivity index is 1.62. The van der Waals surface area contributed by atoms with Gasteiger partial charge in [0.2, 0.25) is 11.0 Å². The van der Waals surface area contributed by atoms with Crippen LogP contribution >= 0.6 is 22.7 Å². The zero-order valence-electron chi connectivity index (χ0n) is 18.6. The lowest BCUT2D eigenvalue weighted by molar-refractivity contribution is -0.119. The maximum Gasteiger partial charge on any atom is 0.253 e. The van der Waals surface area contributed by atoms with E-state index in [4.69, 9.17) is 0 Å². The maximum atomic E-state index is 13.0. The Morgan fingerprint density at radius 3 is 2.33 bits per heavy atom. The second-order valence-electron chi connectivity index (χ2n) is 7.89. The van der Waals surface area contributed by atoms with Crippen molar-refractivity contribution in [1.82, 2.24) is 15.1 Å². The molecule has 168 valence electrons. The van der Waals surface area contributed by atoms with E-state index in [1.54, 1.807) is 35.8 Å². The van der Waals surface area contributed by atoms with Gasteiger partial charge in [-0.15, -0.1) is 21.5 Å². The molecule has 2 heterocycles. The van der Waals surface area contributed by atoms with Crippen molar-refractivity contribution in [3.8, 4) is 10.4 Å². The first-order valence-electron chi connectivity index (χ1n) is 10.5. The van der Waals surface area contributed by atoms with Gasteiger partial charge in [0.05, 0.1) is 0 Å². The molecule has 0 saturated carbocycles. The van der Waals surface area contributed by atoms with Gasteiger partial charge in [-0.3, -0.25) is 9.59 Å². The molecule has 0 unspecified atom stereocenters. The highest BCUT2D eigenvalue weighted by atomic mass is 32.1. The van der Waals surface area contributed by atoms with Crippen LogP contribution in [0.15, 0.2) is 72.2 Å². The number of carbonyl (C=O) groups excluding carboxylic acids is 2. The minimum Gasteiger partial charge on any atom is -0.345 e. The smallest absolute Gasteiger partial charge is 0.253 e. The van der Waals surface area contributed by atoms with Gasteiger partial charge in [0, 0.05) is 41.2 Å². The number of hydrogen-bond acceptors (Lipinski definition) is 6. The molecule has 4 aromatic rings. The number of thiophene rings is 1. The summed E-state index contributed by atoms with van der Waals surface area (Å²) in [4.78, 5) is 29.0. The van der Waals surface area contributed by atoms with Crippen LogP contribution in [0, 0.1) is 5.92 Å². The third kappa shape index (κ3) is 5.18. The summed E-state index contributed by atoms with van der Waals surface area (Å²) in [7, 11) is 3.49. The Morgan fingerprint density at radius 2 is 1.70 bits per heavy atom. The minimum absolute atomic E-state index is 0.0205. The molecule has 0 bridgehead atoms. The zero-order valence-corrected chi connectivity index (χ0v) is 20.2. The first-order valence-corrected chi connectivity index (χ1v) is 12.2. The fourth-order valence-corrected chi connectivity index (χ4v) is 5.36. The quantitative estimate of drug-likeness (QED) is 0.389. The molecule has 2 aromatic heterocycles. The van der Waals surface area contributed by atoms with E-state index in [2.05, 4.69) is 39.8 Å². The zero-order chi connectivity index (χ0) is 23.4. The van der Waals surface area contributed by atoms with Gasteiger partial charge in [-0.25, -0.2) is 0 Å². The molecule has 1 N–H and O–H groups in total. The Hall–Kier alpha value is -3.36. The number of nitrogens with zero attached hydrogens (tertiary/aromatic N) is 3. The summed E-state index contributed by atoms with van der Waals surface area (Å²) in [6.07, 6.45) is 0. The molecule has 0 spiro atoms. The summed E-state index contributed by atoms with van der Waals surface area (Å²) in [5.41, 5.74) is 4.37. The minimum atomic E-state index is -0.317. The van der Waals surface area contributed by atoms with Crippen LogP contribution in [0.3, 0.4) is 0 Å². The number of aromatic nitrogens is 2. The fraction of sp³-hybridized carbons (Fsp3) is 0.200. The molecule has 0 aliphatic heterocycles. The predicted molar refractivity (Wildman–Crippen MR) is 134 cm³/mol. The Kier molecular flexibility index (Phi) is 6.96. The van der Waals surface area contributed by atoms with Crippen LogP contribution in [-0.4, -0.2) is 41.0 Å². The lowest BCUT2D eigenvalue weighted by Gasteiger charge is -2.22. The van der Waals surface area contributed by atoms with Crippen LogP contribution in [-0.2, 0) is 4.79 Å². The van der Waals surface area contributed by atoms with E-state index in [9.17, 15) is 9.59 Å². The molecule has 0 radical (unpaired) electrons. The van der Waals surface area contributed by atoms with Gasteiger partial charge in [0.15, 0.2) is 0 Å². The third-order valence-electron chi connectivity index (χ3n) is 5.42. The number of benzene rings is 2. The molecule has 2 aromatic carbocycles.